The number of allylic oxidation sites excluding steroid dienone is 1. The first-order valence-corrected chi connectivity index (χ1v) is 3.81. The lowest BCUT2D eigenvalue weighted by molar-refractivity contribution is 0.338. The second kappa shape index (κ2) is 2.17. The molecule has 0 nitrogen and oxygen atoms in total. The summed E-state index contributed by atoms with van der Waals surface area (Å²) in [5.74, 6) is 0. The molecule has 0 N–H and O–H groups in total. The van der Waals surface area contributed by atoms with E-state index in [0.29, 0.717) is 5.41 Å². The quantitative estimate of drug-likeness (QED) is 0.435. The van der Waals surface area contributed by atoms with E-state index in [4.69, 9.17) is 0 Å². The summed E-state index contributed by atoms with van der Waals surface area (Å²) >= 11 is 0. The zero-order chi connectivity index (χ0) is 6.91. The fraction of sp³-hybridized carbons (Fsp3) is 0.778. The van der Waals surface area contributed by atoms with Crippen LogP contribution in [0.5, 0.6) is 0 Å². The van der Waals surface area contributed by atoms with Gasteiger partial charge >= 0.3 is 0 Å². The lowest BCUT2D eigenvalue weighted by Crippen LogP contribution is -2.17. The summed E-state index contributed by atoms with van der Waals surface area (Å²) in [6.45, 7) is 8.67. The highest BCUT2D eigenvalue weighted by molar-refractivity contribution is 5.08. The predicted octanol–water partition coefficient (Wildman–Crippen LogP) is 3.14. The summed E-state index contributed by atoms with van der Waals surface area (Å²) in [5.41, 5.74) is 1.90. The zero-order valence-corrected chi connectivity index (χ0v) is 6.54. The van der Waals surface area contributed by atoms with Gasteiger partial charge in [-0.15, -0.1) is 0 Å². The van der Waals surface area contributed by atoms with Crippen molar-refractivity contribution >= 4 is 0 Å². The van der Waals surface area contributed by atoms with E-state index < -0.39 is 0 Å². The maximum Gasteiger partial charge on any atom is -0.0147 e. The highest BCUT2D eigenvalue weighted by Crippen LogP contribution is 2.38. The molecule has 0 heteroatoms. The van der Waals surface area contributed by atoms with Crippen LogP contribution in [0.1, 0.15) is 39.5 Å². The van der Waals surface area contributed by atoms with Crippen molar-refractivity contribution in [2.45, 2.75) is 39.5 Å². The Balaban J connectivity index is 2.60. The van der Waals surface area contributed by atoms with E-state index in [-0.39, 0.29) is 0 Å². The van der Waals surface area contributed by atoms with Gasteiger partial charge in [-0.3, -0.25) is 0 Å². The molecule has 0 spiro atoms. The van der Waals surface area contributed by atoms with E-state index in [1.165, 1.54) is 31.3 Å². The number of hydrogen-bond acceptors (Lipinski definition) is 0. The van der Waals surface area contributed by atoms with E-state index in [2.05, 4.69) is 20.4 Å². The van der Waals surface area contributed by atoms with E-state index >= 15 is 0 Å². The zero-order valence-electron chi connectivity index (χ0n) is 6.54. The van der Waals surface area contributed by atoms with Gasteiger partial charge < -0.3 is 0 Å². The minimum Gasteiger partial charge on any atom is -0.0993 e. The Bertz CT molecular complexity index is 120. The van der Waals surface area contributed by atoms with Crippen LogP contribution in [0.2, 0.25) is 0 Å². The van der Waals surface area contributed by atoms with Crippen LogP contribution in [0.25, 0.3) is 0 Å². The van der Waals surface area contributed by atoms with Crippen molar-refractivity contribution in [2.75, 3.05) is 0 Å². The molecule has 1 saturated carbocycles. The van der Waals surface area contributed by atoms with Gasteiger partial charge in [0.2, 0.25) is 0 Å². The van der Waals surface area contributed by atoms with Crippen LogP contribution < -0.4 is 0 Å². The van der Waals surface area contributed by atoms with Crippen molar-refractivity contribution in [3.05, 3.63) is 12.2 Å². The number of rotatable bonds is 0. The molecule has 0 aromatic carbocycles. The van der Waals surface area contributed by atoms with Gasteiger partial charge in [0.25, 0.3) is 0 Å². The third kappa shape index (κ3) is 1.35. The summed E-state index contributed by atoms with van der Waals surface area (Å²) in [4.78, 5) is 0. The smallest absolute Gasteiger partial charge is 0.0147 e. The first-order chi connectivity index (χ1) is 4.13. The predicted molar refractivity (Wildman–Crippen MR) is 41.4 cm³/mol. The van der Waals surface area contributed by atoms with Crippen LogP contribution in [-0.2, 0) is 0 Å². The molecule has 0 heterocycles. The lowest BCUT2D eigenvalue weighted by atomic mass is 9.74. The molecule has 1 fully saturated rings. The Morgan fingerprint density at radius 2 is 2.00 bits per heavy atom. The van der Waals surface area contributed by atoms with Crippen LogP contribution in [0, 0.1) is 5.41 Å². The second-order valence-electron chi connectivity index (χ2n) is 3.69. The molecule has 0 radical (unpaired) electrons. The summed E-state index contributed by atoms with van der Waals surface area (Å²) in [6, 6.07) is 0. The summed E-state index contributed by atoms with van der Waals surface area (Å²) < 4.78 is 0. The standard InChI is InChI=1S/C9H16/c1-8-6-4-5-7-9(8,2)3/h1,4-7H2,2-3H3. The Morgan fingerprint density at radius 3 is 2.33 bits per heavy atom. The van der Waals surface area contributed by atoms with Gasteiger partial charge in [-0.1, -0.05) is 32.4 Å². The average molecular weight is 124 g/mol. The Labute approximate surface area is 58.0 Å². The minimum absolute atomic E-state index is 0.443. The topological polar surface area (TPSA) is 0 Å². The van der Waals surface area contributed by atoms with Crippen LogP contribution in [0.3, 0.4) is 0 Å². The molecule has 1 rings (SSSR count). The molecule has 1 aliphatic carbocycles. The van der Waals surface area contributed by atoms with Crippen molar-refractivity contribution < 1.29 is 0 Å². The van der Waals surface area contributed by atoms with Crippen molar-refractivity contribution in [1.82, 2.24) is 0 Å². The fourth-order valence-corrected chi connectivity index (χ4v) is 1.42. The molecule has 0 bridgehead atoms. The minimum atomic E-state index is 0.443. The molecule has 0 atom stereocenters. The van der Waals surface area contributed by atoms with Gasteiger partial charge in [0.05, 0.1) is 0 Å². The third-order valence-electron chi connectivity index (χ3n) is 2.49. The highest BCUT2D eigenvalue weighted by atomic mass is 14.3. The SMILES string of the molecule is C=C1CCCCC1(C)C. The van der Waals surface area contributed by atoms with Crippen molar-refractivity contribution in [3.8, 4) is 0 Å². The molecule has 0 aromatic rings. The Kier molecular flexibility index (Phi) is 1.65. The lowest BCUT2D eigenvalue weighted by Gasteiger charge is -2.31. The van der Waals surface area contributed by atoms with Crippen molar-refractivity contribution in [2.24, 2.45) is 5.41 Å². The molecular formula is C9H16. The molecule has 52 valence electrons. The Morgan fingerprint density at radius 1 is 1.33 bits per heavy atom. The second-order valence-corrected chi connectivity index (χ2v) is 3.69. The van der Waals surface area contributed by atoms with Crippen molar-refractivity contribution in [3.63, 3.8) is 0 Å². The molecule has 0 aromatic heterocycles. The van der Waals surface area contributed by atoms with Gasteiger partial charge in [-0.05, 0) is 24.7 Å². The highest BCUT2D eigenvalue weighted by Gasteiger charge is 2.24. The van der Waals surface area contributed by atoms with E-state index in [1.807, 2.05) is 0 Å². The van der Waals surface area contributed by atoms with Crippen LogP contribution in [0.4, 0.5) is 0 Å². The first kappa shape index (κ1) is 6.85. The van der Waals surface area contributed by atoms with Gasteiger partial charge in [-0.25, -0.2) is 0 Å². The maximum atomic E-state index is 4.07. The summed E-state index contributed by atoms with van der Waals surface area (Å²) in [7, 11) is 0. The molecule has 1 aliphatic rings. The van der Waals surface area contributed by atoms with E-state index in [9.17, 15) is 0 Å². The van der Waals surface area contributed by atoms with E-state index in [1.54, 1.807) is 0 Å². The average Bonchev–Trinajstić information content (AvgIpc) is 1.77. The van der Waals surface area contributed by atoms with Gasteiger partial charge in [0.15, 0.2) is 0 Å². The summed E-state index contributed by atoms with van der Waals surface area (Å²) in [5, 5.41) is 0. The van der Waals surface area contributed by atoms with Gasteiger partial charge in [0.1, 0.15) is 0 Å². The number of hydrogen-bond donors (Lipinski definition) is 0. The fourth-order valence-electron chi connectivity index (χ4n) is 1.42. The monoisotopic (exact) mass is 124 g/mol. The third-order valence-corrected chi connectivity index (χ3v) is 2.49. The normalized spacial score (nSPS) is 26.2. The van der Waals surface area contributed by atoms with Crippen LogP contribution in [0.15, 0.2) is 12.2 Å². The first-order valence-electron chi connectivity index (χ1n) is 3.81. The largest absolute Gasteiger partial charge is 0.0993 e. The van der Waals surface area contributed by atoms with Crippen LogP contribution >= 0.6 is 0 Å². The van der Waals surface area contributed by atoms with Crippen LogP contribution in [-0.4, -0.2) is 0 Å². The van der Waals surface area contributed by atoms with E-state index in [0.717, 1.165) is 0 Å². The molecular weight excluding hydrogens is 108 g/mol. The van der Waals surface area contributed by atoms with Crippen molar-refractivity contribution in [1.29, 1.82) is 0 Å². The van der Waals surface area contributed by atoms with Gasteiger partial charge in [0, 0.05) is 0 Å². The maximum absolute atomic E-state index is 4.07. The summed E-state index contributed by atoms with van der Waals surface area (Å²) in [6.07, 6.45) is 5.35. The van der Waals surface area contributed by atoms with Gasteiger partial charge in [-0.2, -0.15) is 0 Å². The molecule has 0 unspecified atom stereocenters. The molecule has 0 amide bonds. The molecule has 0 aliphatic heterocycles. The Hall–Kier alpha value is -0.260. The molecule has 0 saturated heterocycles. The molecule has 9 heavy (non-hydrogen) atoms.